The van der Waals surface area contributed by atoms with Gasteiger partial charge in [0.2, 0.25) is 6.79 Å². The number of H-pyrrole nitrogens is 2. The van der Waals surface area contributed by atoms with Crippen molar-refractivity contribution in [2.75, 3.05) is 6.79 Å². The van der Waals surface area contributed by atoms with E-state index < -0.39 is 0 Å². The van der Waals surface area contributed by atoms with Gasteiger partial charge < -0.3 is 19.4 Å². The molecular weight excluding hydrogens is 512 g/mol. The van der Waals surface area contributed by atoms with E-state index in [9.17, 15) is 10.5 Å². The standard InChI is InChI=1S/C33H22N6O2/c34-19-24(32-36-26-11-3-4-12-27(26)37-32)17-22-9-1-7-15-30(22)40-21-41-31-16-8-2-10-23(31)18-25(20-35)33-38-28-13-5-6-14-29(28)39-33/h1-18H,21H2,(H,36,37)(H,38,39)/b24-17-,25-18-. The fourth-order valence-electron chi connectivity index (χ4n) is 4.40. The molecule has 8 nitrogen and oxygen atoms in total. The van der Waals surface area contributed by atoms with Gasteiger partial charge in [-0.25, -0.2) is 9.97 Å². The Morgan fingerprint density at radius 1 is 0.610 bits per heavy atom. The molecule has 41 heavy (non-hydrogen) atoms. The molecular formula is C33H22N6O2. The van der Waals surface area contributed by atoms with Crippen molar-refractivity contribution in [2.45, 2.75) is 0 Å². The predicted octanol–water partition coefficient (Wildman–Crippen LogP) is 6.98. The van der Waals surface area contributed by atoms with Crippen molar-refractivity contribution in [3.63, 3.8) is 0 Å². The molecule has 0 aliphatic rings. The number of aromatic nitrogens is 4. The zero-order valence-corrected chi connectivity index (χ0v) is 21.7. The molecule has 0 amide bonds. The van der Waals surface area contributed by atoms with E-state index in [1.165, 1.54) is 0 Å². The van der Waals surface area contributed by atoms with Crippen LogP contribution in [-0.4, -0.2) is 26.7 Å². The van der Waals surface area contributed by atoms with Gasteiger partial charge in [-0.15, -0.1) is 0 Å². The second-order valence-corrected chi connectivity index (χ2v) is 9.03. The van der Waals surface area contributed by atoms with Gasteiger partial charge in [-0.05, 0) is 48.6 Å². The normalized spacial score (nSPS) is 11.8. The van der Waals surface area contributed by atoms with Crippen molar-refractivity contribution >= 4 is 45.4 Å². The molecule has 0 radical (unpaired) electrons. The number of aromatic amines is 2. The van der Waals surface area contributed by atoms with Crippen LogP contribution in [0.5, 0.6) is 11.5 Å². The highest BCUT2D eigenvalue weighted by atomic mass is 16.7. The molecule has 0 aliphatic heterocycles. The first-order chi connectivity index (χ1) is 20.2. The SMILES string of the molecule is N#C/C(=C/c1ccccc1OCOc1ccccc1/C=C(/C#N)c1nc2ccccc2[nH]1)c1nc2ccccc2[nH]1. The average molecular weight is 535 g/mol. The molecule has 0 bridgehead atoms. The molecule has 0 spiro atoms. The van der Waals surface area contributed by atoms with E-state index in [2.05, 4.69) is 32.1 Å². The molecule has 2 heterocycles. The largest absolute Gasteiger partial charge is 0.457 e. The number of nitrogens with zero attached hydrogens (tertiary/aromatic N) is 4. The highest BCUT2D eigenvalue weighted by Gasteiger charge is 2.12. The molecule has 4 aromatic carbocycles. The number of hydrogen-bond donors (Lipinski definition) is 2. The summed E-state index contributed by atoms with van der Waals surface area (Å²) in [5.41, 5.74) is 5.45. The number of hydrogen-bond acceptors (Lipinski definition) is 6. The van der Waals surface area contributed by atoms with Crippen LogP contribution in [0.25, 0.3) is 45.4 Å². The summed E-state index contributed by atoms with van der Waals surface area (Å²) in [4.78, 5) is 15.5. The Morgan fingerprint density at radius 2 is 1.02 bits per heavy atom. The van der Waals surface area contributed by atoms with Crippen molar-refractivity contribution in [2.24, 2.45) is 0 Å². The molecule has 2 aromatic heterocycles. The number of nitrogens with one attached hydrogen (secondary N) is 2. The van der Waals surface area contributed by atoms with Crippen LogP contribution in [0.1, 0.15) is 22.8 Å². The van der Waals surface area contributed by atoms with Crippen LogP contribution in [0.3, 0.4) is 0 Å². The number of rotatable bonds is 8. The first kappa shape index (κ1) is 25.2. The third-order valence-corrected chi connectivity index (χ3v) is 6.40. The van der Waals surface area contributed by atoms with E-state index in [-0.39, 0.29) is 6.79 Å². The van der Waals surface area contributed by atoms with Crippen molar-refractivity contribution < 1.29 is 9.47 Å². The quantitative estimate of drug-likeness (QED) is 0.160. The molecule has 0 fully saturated rings. The zero-order chi connectivity index (χ0) is 28.0. The minimum absolute atomic E-state index is 0.0885. The maximum atomic E-state index is 9.85. The highest BCUT2D eigenvalue weighted by molar-refractivity contribution is 5.92. The molecule has 6 aromatic rings. The minimum atomic E-state index is -0.0885. The molecule has 0 saturated heterocycles. The first-order valence-corrected chi connectivity index (χ1v) is 12.8. The van der Waals surface area contributed by atoms with E-state index in [0.717, 1.165) is 22.1 Å². The van der Waals surface area contributed by atoms with Gasteiger partial charge in [0.15, 0.2) is 0 Å². The second-order valence-electron chi connectivity index (χ2n) is 9.03. The molecule has 6 rings (SSSR count). The maximum Gasteiger partial charge on any atom is 0.230 e. The summed E-state index contributed by atoms with van der Waals surface area (Å²) in [5, 5.41) is 19.7. The summed E-state index contributed by atoms with van der Waals surface area (Å²) in [5.74, 6) is 2.06. The lowest BCUT2D eigenvalue weighted by Gasteiger charge is -2.12. The third kappa shape index (κ3) is 5.40. The first-order valence-electron chi connectivity index (χ1n) is 12.8. The smallest absolute Gasteiger partial charge is 0.230 e. The van der Waals surface area contributed by atoms with E-state index in [4.69, 9.17) is 9.47 Å². The van der Waals surface area contributed by atoms with Crippen LogP contribution in [0, 0.1) is 22.7 Å². The summed E-state index contributed by atoms with van der Waals surface area (Å²) in [6, 6.07) is 34.5. The summed E-state index contributed by atoms with van der Waals surface area (Å²) >= 11 is 0. The Kier molecular flexibility index (Phi) is 6.95. The highest BCUT2D eigenvalue weighted by Crippen LogP contribution is 2.27. The summed E-state index contributed by atoms with van der Waals surface area (Å²) in [7, 11) is 0. The Balaban J connectivity index is 1.21. The fourth-order valence-corrected chi connectivity index (χ4v) is 4.40. The molecule has 0 saturated carbocycles. The predicted molar refractivity (Wildman–Crippen MR) is 158 cm³/mol. The van der Waals surface area contributed by atoms with Crippen LogP contribution in [0.4, 0.5) is 0 Å². The second kappa shape index (κ2) is 11.3. The number of benzene rings is 4. The number of ether oxygens (including phenoxy) is 2. The lowest BCUT2D eigenvalue weighted by molar-refractivity contribution is 0.119. The Bertz CT molecular complexity index is 1810. The molecule has 0 unspecified atom stereocenters. The lowest BCUT2D eigenvalue weighted by Crippen LogP contribution is -2.07. The zero-order valence-electron chi connectivity index (χ0n) is 21.7. The van der Waals surface area contributed by atoms with Crippen LogP contribution in [-0.2, 0) is 0 Å². The Hall–Kier alpha value is -6.12. The molecule has 2 N–H and O–H groups in total. The van der Waals surface area contributed by atoms with Gasteiger partial charge in [-0.1, -0.05) is 60.7 Å². The van der Waals surface area contributed by atoms with Crippen molar-refractivity contribution in [3.05, 3.63) is 120 Å². The minimum Gasteiger partial charge on any atom is -0.457 e. The Morgan fingerprint density at radius 3 is 1.46 bits per heavy atom. The topological polar surface area (TPSA) is 123 Å². The molecule has 196 valence electrons. The number of fused-ring (bicyclic) bond motifs is 2. The number of imidazole rings is 2. The van der Waals surface area contributed by atoms with E-state index in [1.807, 2.05) is 97.1 Å². The van der Waals surface area contributed by atoms with Gasteiger partial charge in [-0.3, -0.25) is 0 Å². The summed E-state index contributed by atoms with van der Waals surface area (Å²) < 4.78 is 12.0. The van der Waals surface area contributed by atoms with Crippen LogP contribution in [0.15, 0.2) is 97.1 Å². The fraction of sp³-hybridized carbons (Fsp3) is 0.0303. The number of allylic oxidation sites excluding steroid dienone is 2. The summed E-state index contributed by atoms with van der Waals surface area (Å²) in [6.07, 6.45) is 3.46. The van der Waals surface area contributed by atoms with Crippen LogP contribution >= 0.6 is 0 Å². The maximum absolute atomic E-state index is 9.85. The van der Waals surface area contributed by atoms with Gasteiger partial charge in [0.05, 0.1) is 33.2 Å². The number of nitriles is 2. The molecule has 0 aliphatic carbocycles. The third-order valence-electron chi connectivity index (χ3n) is 6.40. The van der Waals surface area contributed by atoms with E-state index in [0.29, 0.717) is 45.4 Å². The van der Waals surface area contributed by atoms with Gasteiger partial charge in [0, 0.05) is 11.1 Å². The monoisotopic (exact) mass is 534 g/mol. The van der Waals surface area contributed by atoms with Gasteiger partial charge >= 0.3 is 0 Å². The lowest BCUT2D eigenvalue weighted by atomic mass is 10.1. The van der Waals surface area contributed by atoms with Gasteiger partial charge in [-0.2, -0.15) is 10.5 Å². The molecule has 8 heteroatoms. The van der Waals surface area contributed by atoms with Gasteiger partial charge in [0.25, 0.3) is 0 Å². The van der Waals surface area contributed by atoms with Crippen LogP contribution < -0.4 is 9.47 Å². The Labute approximate surface area is 235 Å². The van der Waals surface area contributed by atoms with E-state index >= 15 is 0 Å². The van der Waals surface area contributed by atoms with Crippen molar-refractivity contribution in [1.29, 1.82) is 10.5 Å². The molecule has 0 atom stereocenters. The van der Waals surface area contributed by atoms with E-state index in [1.54, 1.807) is 12.2 Å². The number of para-hydroxylation sites is 6. The van der Waals surface area contributed by atoms with Crippen molar-refractivity contribution in [3.8, 4) is 23.6 Å². The average Bonchev–Trinajstić information content (AvgIpc) is 3.64. The summed E-state index contributed by atoms with van der Waals surface area (Å²) in [6.45, 7) is -0.0885. The van der Waals surface area contributed by atoms with Crippen LogP contribution in [0.2, 0.25) is 0 Å². The van der Waals surface area contributed by atoms with Crippen molar-refractivity contribution in [1.82, 2.24) is 19.9 Å². The van der Waals surface area contributed by atoms with Gasteiger partial charge in [0.1, 0.15) is 35.3 Å².